The first-order valence-electron chi connectivity index (χ1n) is 6.35. The smallest absolute Gasteiger partial charge is 0.227 e. The molecular formula is C14H20N2O. The number of benzene rings is 1. The Hall–Kier alpha value is -1.51. The van der Waals surface area contributed by atoms with Crippen molar-refractivity contribution < 1.29 is 4.79 Å². The maximum atomic E-state index is 12.1. The van der Waals surface area contributed by atoms with Gasteiger partial charge in [-0.3, -0.25) is 4.79 Å². The van der Waals surface area contributed by atoms with Crippen molar-refractivity contribution in [1.29, 1.82) is 0 Å². The zero-order valence-electron chi connectivity index (χ0n) is 10.5. The minimum atomic E-state index is -0.00556. The Morgan fingerprint density at radius 2 is 2.24 bits per heavy atom. The van der Waals surface area contributed by atoms with Gasteiger partial charge in [0.25, 0.3) is 0 Å². The second kappa shape index (κ2) is 5.21. The van der Waals surface area contributed by atoms with E-state index in [0.29, 0.717) is 6.04 Å². The van der Waals surface area contributed by atoms with Gasteiger partial charge >= 0.3 is 0 Å². The Morgan fingerprint density at radius 3 is 3.00 bits per heavy atom. The van der Waals surface area contributed by atoms with Crippen LogP contribution in [0.15, 0.2) is 24.3 Å². The van der Waals surface area contributed by atoms with Crippen LogP contribution < -0.4 is 10.6 Å². The zero-order valence-corrected chi connectivity index (χ0v) is 10.5. The van der Waals surface area contributed by atoms with Gasteiger partial charge < -0.3 is 10.6 Å². The van der Waals surface area contributed by atoms with Crippen LogP contribution in [0.5, 0.6) is 0 Å². The molecule has 0 fully saturated rings. The first kappa shape index (κ1) is 12.0. The van der Waals surface area contributed by atoms with E-state index < -0.39 is 0 Å². The number of carbonyl (C=O) groups excluding carboxylic acids is 1. The summed E-state index contributed by atoms with van der Waals surface area (Å²) in [4.78, 5) is 12.1. The average Bonchev–Trinajstić information content (AvgIpc) is 2.34. The summed E-state index contributed by atoms with van der Waals surface area (Å²) in [5, 5.41) is 6.42. The second-order valence-corrected chi connectivity index (χ2v) is 4.71. The van der Waals surface area contributed by atoms with Gasteiger partial charge in [0.2, 0.25) is 5.91 Å². The van der Waals surface area contributed by atoms with Gasteiger partial charge in [0.1, 0.15) is 0 Å². The number of nitrogens with one attached hydrogen (secondary N) is 2. The Balaban J connectivity index is 2.20. The Labute approximate surface area is 103 Å². The van der Waals surface area contributed by atoms with Crippen molar-refractivity contribution in [2.75, 3.05) is 11.9 Å². The third kappa shape index (κ3) is 2.60. The topological polar surface area (TPSA) is 41.1 Å². The fraction of sp³-hybridized carbons (Fsp3) is 0.500. The number of hydrogen-bond acceptors (Lipinski definition) is 2. The second-order valence-electron chi connectivity index (χ2n) is 4.71. The molecule has 92 valence electrons. The minimum absolute atomic E-state index is 0.00556. The van der Waals surface area contributed by atoms with Crippen LogP contribution in [0.4, 0.5) is 5.69 Å². The third-order valence-corrected chi connectivity index (χ3v) is 3.19. The largest absolute Gasteiger partial charge is 0.382 e. The van der Waals surface area contributed by atoms with Gasteiger partial charge in [-0.1, -0.05) is 25.1 Å². The quantitative estimate of drug-likeness (QED) is 0.840. The molecule has 1 heterocycles. The molecule has 2 N–H and O–H groups in total. The van der Waals surface area contributed by atoms with Crippen LogP contribution in [-0.2, 0) is 4.79 Å². The zero-order chi connectivity index (χ0) is 12.3. The molecule has 17 heavy (non-hydrogen) atoms. The van der Waals surface area contributed by atoms with Crippen LogP contribution in [0.3, 0.4) is 0 Å². The summed E-state index contributed by atoms with van der Waals surface area (Å²) in [6.45, 7) is 4.95. The summed E-state index contributed by atoms with van der Waals surface area (Å²) < 4.78 is 0. The number of hydrogen-bond donors (Lipinski definition) is 2. The van der Waals surface area contributed by atoms with Crippen LogP contribution in [-0.4, -0.2) is 18.5 Å². The van der Waals surface area contributed by atoms with Gasteiger partial charge in [0.15, 0.2) is 0 Å². The van der Waals surface area contributed by atoms with Gasteiger partial charge in [-0.15, -0.1) is 0 Å². The standard InChI is InChI=1S/C14H20N2O/c1-3-8-15-14(17)12-9-10(2)16-13-7-5-4-6-11(12)13/h4-7,10,12,16H,3,8-9H2,1-2H3,(H,15,17). The normalized spacial score (nSPS) is 22.5. The van der Waals surface area contributed by atoms with E-state index in [9.17, 15) is 4.79 Å². The van der Waals surface area contributed by atoms with Gasteiger partial charge in [0, 0.05) is 18.3 Å². The Bertz CT molecular complexity index is 403. The van der Waals surface area contributed by atoms with E-state index in [-0.39, 0.29) is 11.8 Å². The molecule has 3 nitrogen and oxygen atoms in total. The van der Waals surface area contributed by atoms with Crippen LogP contribution in [0.25, 0.3) is 0 Å². The van der Waals surface area contributed by atoms with Crippen LogP contribution >= 0.6 is 0 Å². The maximum absolute atomic E-state index is 12.1. The lowest BCUT2D eigenvalue weighted by Crippen LogP contribution is -2.36. The summed E-state index contributed by atoms with van der Waals surface area (Å²) in [7, 11) is 0. The van der Waals surface area contributed by atoms with E-state index in [0.717, 1.165) is 30.6 Å². The molecule has 3 heteroatoms. The molecule has 0 saturated heterocycles. The number of rotatable bonds is 3. The third-order valence-electron chi connectivity index (χ3n) is 3.19. The fourth-order valence-corrected chi connectivity index (χ4v) is 2.36. The van der Waals surface area contributed by atoms with E-state index in [1.54, 1.807) is 0 Å². The lowest BCUT2D eigenvalue weighted by Gasteiger charge is -2.30. The van der Waals surface area contributed by atoms with E-state index in [2.05, 4.69) is 24.5 Å². The summed E-state index contributed by atoms with van der Waals surface area (Å²) >= 11 is 0. The number of fused-ring (bicyclic) bond motifs is 1. The maximum Gasteiger partial charge on any atom is 0.227 e. The molecule has 0 radical (unpaired) electrons. The number of anilines is 1. The monoisotopic (exact) mass is 232 g/mol. The van der Waals surface area contributed by atoms with Crippen molar-refractivity contribution in [2.45, 2.75) is 38.6 Å². The van der Waals surface area contributed by atoms with Crippen LogP contribution in [0, 0.1) is 0 Å². The fourth-order valence-electron chi connectivity index (χ4n) is 2.36. The predicted octanol–water partition coefficient (Wildman–Crippen LogP) is 2.50. The van der Waals surface area contributed by atoms with Crippen molar-refractivity contribution in [3.05, 3.63) is 29.8 Å². The minimum Gasteiger partial charge on any atom is -0.382 e. The first-order valence-corrected chi connectivity index (χ1v) is 6.35. The lowest BCUT2D eigenvalue weighted by molar-refractivity contribution is -0.122. The van der Waals surface area contributed by atoms with Crippen LogP contribution in [0.2, 0.25) is 0 Å². The van der Waals surface area contributed by atoms with Gasteiger partial charge in [-0.2, -0.15) is 0 Å². The molecule has 1 aromatic carbocycles. The highest BCUT2D eigenvalue weighted by Gasteiger charge is 2.28. The summed E-state index contributed by atoms with van der Waals surface area (Å²) in [6, 6.07) is 8.44. The predicted molar refractivity (Wildman–Crippen MR) is 70.2 cm³/mol. The molecule has 1 aliphatic heterocycles. The summed E-state index contributed by atoms with van der Waals surface area (Å²) in [5.74, 6) is 0.154. The van der Waals surface area contributed by atoms with Gasteiger partial charge in [-0.25, -0.2) is 0 Å². The number of carbonyl (C=O) groups is 1. The van der Waals surface area contributed by atoms with Crippen molar-refractivity contribution in [3.63, 3.8) is 0 Å². The number of para-hydroxylation sites is 1. The first-order chi connectivity index (χ1) is 8.22. The Morgan fingerprint density at radius 1 is 1.47 bits per heavy atom. The highest BCUT2D eigenvalue weighted by Crippen LogP contribution is 2.33. The van der Waals surface area contributed by atoms with Crippen molar-refractivity contribution in [1.82, 2.24) is 5.32 Å². The highest BCUT2D eigenvalue weighted by molar-refractivity contribution is 5.86. The lowest BCUT2D eigenvalue weighted by atomic mass is 9.87. The molecule has 1 aliphatic rings. The van der Waals surface area contributed by atoms with Crippen molar-refractivity contribution in [2.24, 2.45) is 0 Å². The average molecular weight is 232 g/mol. The van der Waals surface area contributed by atoms with Gasteiger partial charge in [0.05, 0.1) is 5.92 Å². The van der Waals surface area contributed by atoms with Crippen molar-refractivity contribution in [3.8, 4) is 0 Å². The molecule has 2 atom stereocenters. The number of amides is 1. The molecule has 0 aromatic heterocycles. The van der Waals surface area contributed by atoms with E-state index in [1.165, 1.54) is 0 Å². The molecule has 2 rings (SSSR count). The summed E-state index contributed by atoms with van der Waals surface area (Å²) in [5.41, 5.74) is 2.22. The van der Waals surface area contributed by atoms with E-state index in [1.807, 2.05) is 24.3 Å². The summed E-state index contributed by atoms with van der Waals surface area (Å²) in [6.07, 6.45) is 1.85. The molecule has 0 spiro atoms. The molecule has 0 saturated carbocycles. The van der Waals surface area contributed by atoms with Crippen molar-refractivity contribution >= 4 is 11.6 Å². The molecule has 0 bridgehead atoms. The molecule has 2 unspecified atom stereocenters. The Kier molecular flexibility index (Phi) is 3.67. The van der Waals surface area contributed by atoms with Gasteiger partial charge in [-0.05, 0) is 31.4 Å². The molecule has 1 aromatic rings. The SMILES string of the molecule is CCCNC(=O)C1CC(C)Nc2ccccc21. The highest BCUT2D eigenvalue weighted by atomic mass is 16.1. The van der Waals surface area contributed by atoms with E-state index in [4.69, 9.17) is 0 Å². The van der Waals surface area contributed by atoms with E-state index >= 15 is 0 Å². The molecule has 0 aliphatic carbocycles. The van der Waals surface area contributed by atoms with Crippen LogP contribution in [0.1, 0.15) is 38.2 Å². The molecular weight excluding hydrogens is 212 g/mol. The molecule has 1 amide bonds.